The van der Waals surface area contributed by atoms with Gasteiger partial charge < -0.3 is 24.5 Å². The van der Waals surface area contributed by atoms with Crippen molar-refractivity contribution in [2.45, 2.75) is 72.6 Å². The van der Waals surface area contributed by atoms with Crippen LogP contribution in [0.15, 0.2) is 60.7 Å². The number of carbonyl (C=O) groups excluding carboxylic acids is 1. The quantitative estimate of drug-likeness (QED) is 0.233. The van der Waals surface area contributed by atoms with Crippen LogP contribution in [0.4, 0.5) is 0 Å². The van der Waals surface area contributed by atoms with Gasteiger partial charge in [-0.2, -0.15) is 0 Å². The molecule has 2 atom stereocenters. The van der Waals surface area contributed by atoms with E-state index in [0.29, 0.717) is 23.6 Å². The molecule has 0 fully saturated rings. The molecule has 7 heteroatoms. The van der Waals surface area contributed by atoms with Gasteiger partial charge in [0.05, 0.1) is 13.2 Å². The van der Waals surface area contributed by atoms with Crippen molar-refractivity contribution in [1.29, 1.82) is 0 Å². The minimum atomic E-state index is -1.05. The van der Waals surface area contributed by atoms with Gasteiger partial charge in [-0.05, 0) is 85.7 Å². The van der Waals surface area contributed by atoms with Gasteiger partial charge in [-0.3, -0.25) is 4.79 Å². The fourth-order valence-electron chi connectivity index (χ4n) is 4.96. The van der Waals surface area contributed by atoms with Crippen LogP contribution in [0.1, 0.15) is 79.0 Å². The molecule has 1 heterocycles. The van der Waals surface area contributed by atoms with Crippen LogP contribution in [-0.4, -0.2) is 34.8 Å². The van der Waals surface area contributed by atoms with Crippen LogP contribution < -0.4 is 14.8 Å². The lowest BCUT2D eigenvalue weighted by molar-refractivity contribution is -0.144. The molecule has 41 heavy (non-hydrogen) atoms. The van der Waals surface area contributed by atoms with Crippen LogP contribution in [0.2, 0.25) is 0 Å². The molecule has 4 aromatic rings. The molecule has 0 bridgehead atoms. The molecule has 1 aromatic heterocycles. The van der Waals surface area contributed by atoms with Crippen molar-refractivity contribution in [2.24, 2.45) is 0 Å². The molecule has 0 spiro atoms. The number of aryl methyl sites for hydroxylation is 1. The van der Waals surface area contributed by atoms with Crippen molar-refractivity contribution in [3.63, 3.8) is 0 Å². The van der Waals surface area contributed by atoms with Crippen molar-refractivity contribution in [2.75, 3.05) is 7.11 Å². The summed E-state index contributed by atoms with van der Waals surface area (Å²) in [6.07, 6.45) is -1.01. The van der Waals surface area contributed by atoms with E-state index in [1.165, 1.54) is 19.6 Å². The Labute approximate surface area is 242 Å². The second-order valence-electron chi connectivity index (χ2n) is 11.7. The molecule has 4 rings (SSSR count). The van der Waals surface area contributed by atoms with E-state index >= 15 is 0 Å². The first-order valence-electron chi connectivity index (χ1n) is 13.9. The first kappa shape index (κ1) is 29.7. The van der Waals surface area contributed by atoms with Gasteiger partial charge >= 0.3 is 5.97 Å². The first-order chi connectivity index (χ1) is 19.3. The average molecular weight is 557 g/mol. The smallest absolute Gasteiger partial charge is 0.344 e. The zero-order chi connectivity index (χ0) is 30.1. The van der Waals surface area contributed by atoms with Crippen molar-refractivity contribution < 1.29 is 24.2 Å². The SMILES string of the molecule is COc1ccc(Cn2c(C)c(C)c3cc(C(=O)N[C@@H](C)c4ccc(C(C)(C)C)cc4)ccc32)cc1OC(C)C(=O)O. The van der Waals surface area contributed by atoms with E-state index in [-0.39, 0.29) is 17.4 Å². The molecule has 0 saturated carbocycles. The van der Waals surface area contributed by atoms with Crippen LogP contribution in [0.5, 0.6) is 11.5 Å². The Kier molecular flexibility index (Phi) is 8.47. The van der Waals surface area contributed by atoms with Crippen molar-refractivity contribution in [3.05, 3.63) is 94.2 Å². The molecule has 1 amide bonds. The lowest BCUT2D eigenvalue weighted by atomic mass is 9.86. The van der Waals surface area contributed by atoms with Crippen LogP contribution in [0, 0.1) is 13.8 Å². The van der Waals surface area contributed by atoms with E-state index in [1.807, 2.05) is 37.3 Å². The molecule has 216 valence electrons. The number of hydrogen-bond donors (Lipinski definition) is 2. The Bertz CT molecular complexity index is 1580. The van der Waals surface area contributed by atoms with Crippen molar-refractivity contribution in [3.8, 4) is 11.5 Å². The second-order valence-corrected chi connectivity index (χ2v) is 11.7. The predicted molar refractivity (Wildman–Crippen MR) is 162 cm³/mol. The number of nitrogens with zero attached hydrogens (tertiary/aromatic N) is 1. The fraction of sp³-hybridized carbons (Fsp3) is 0.353. The number of aromatic nitrogens is 1. The van der Waals surface area contributed by atoms with Crippen LogP contribution in [0.3, 0.4) is 0 Å². The molecule has 3 aromatic carbocycles. The summed E-state index contributed by atoms with van der Waals surface area (Å²) in [6.45, 7) is 14.7. The lowest BCUT2D eigenvalue weighted by Gasteiger charge is -2.21. The van der Waals surface area contributed by atoms with E-state index in [4.69, 9.17) is 9.47 Å². The number of ether oxygens (including phenoxy) is 2. The number of nitrogens with one attached hydrogen (secondary N) is 1. The number of carboxylic acids is 1. The van der Waals surface area contributed by atoms with E-state index < -0.39 is 12.1 Å². The van der Waals surface area contributed by atoms with Crippen LogP contribution >= 0.6 is 0 Å². The van der Waals surface area contributed by atoms with E-state index in [0.717, 1.165) is 33.3 Å². The normalized spacial score (nSPS) is 13.1. The third kappa shape index (κ3) is 6.40. The molecule has 0 saturated heterocycles. The summed E-state index contributed by atoms with van der Waals surface area (Å²) in [5.74, 6) is -0.310. The highest BCUT2D eigenvalue weighted by atomic mass is 16.5. The first-order valence-corrected chi connectivity index (χ1v) is 13.9. The Morgan fingerprint density at radius 3 is 2.24 bits per heavy atom. The zero-order valence-corrected chi connectivity index (χ0v) is 25.2. The summed E-state index contributed by atoms with van der Waals surface area (Å²) in [4.78, 5) is 24.6. The summed E-state index contributed by atoms with van der Waals surface area (Å²) in [5.41, 5.74) is 7.15. The van der Waals surface area contributed by atoms with Gasteiger partial charge in [-0.1, -0.05) is 51.1 Å². The van der Waals surface area contributed by atoms with Crippen LogP contribution in [-0.2, 0) is 16.8 Å². The largest absolute Gasteiger partial charge is 0.493 e. The monoisotopic (exact) mass is 556 g/mol. The third-order valence-corrected chi connectivity index (χ3v) is 7.75. The van der Waals surface area contributed by atoms with Crippen molar-refractivity contribution >= 4 is 22.8 Å². The number of benzene rings is 3. The zero-order valence-electron chi connectivity index (χ0n) is 25.2. The number of carboxylic acid groups (broad SMARTS) is 1. The molecule has 0 aliphatic heterocycles. The number of aliphatic carboxylic acids is 1. The number of rotatable bonds is 9. The maximum atomic E-state index is 13.2. The summed E-state index contributed by atoms with van der Waals surface area (Å²) < 4.78 is 13.2. The molecule has 0 radical (unpaired) electrons. The van der Waals surface area contributed by atoms with E-state index in [2.05, 4.69) is 68.8 Å². The number of carbonyl (C=O) groups is 2. The van der Waals surface area contributed by atoms with Gasteiger partial charge in [0.15, 0.2) is 17.6 Å². The Morgan fingerprint density at radius 1 is 0.951 bits per heavy atom. The molecule has 0 aliphatic rings. The number of amides is 1. The second kappa shape index (κ2) is 11.7. The Morgan fingerprint density at radius 2 is 1.63 bits per heavy atom. The molecule has 7 nitrogen and oxygen atoms in total. The Balaban J connectivity index is 1.57. The summed E-state index contributed by atoms with van der Waals surface area (Å²) in [7, 11) is 1.53. The molecular weight excluding hydrogens is 516 g/mol. The topological polar surface area (TPSA) is 89.8 Å². The Hall–Kier alpha value is -4.26. The van der Waals surface area contributed by atoms with Gasteiger partial charge in [0, 0.05) is 28.7 Å². The number of fused-ring (bicyclic) bond motifs is 1. The summed E-state index contributed by atoms with van der Waals surface area (Å²) in [5, 5.41) is 13.4. The maximum absolute atomic E-state index is 13.2. The minimum absolute atomic E-state index is 0.0786. The lowest BCUT2D eigenvalue weighted by Crippen LogP contribution is -2.26. The van der Waals surface area contributed by atoms with Gasteiger partial charge in [-0.15, -0.1) is 0 Å². The molecule has 2 N–H and O–H groups in total. The molecular formula is C34H40N2O5. The third-order valence-electron chi connectivity index (χ3n) is 7.75. The van der Waals surface area contributed by atoms with Crippen molar-refractivity contribution in [1.82, 2.24) is 9.88 Å². The van der Waals surface area contributed by atoms with Gasteiger partial charge in [-0.25, -0.2) is 4.79 Å². The summed E-state index contributed by atoms with van der Waals surface area (Å²) >= 11 is 0. The van der Waals surface area contributed by atoms with E-state index in [1.54, 1.807) is 6.07 Å². The predicted octanol–water partition coefficient (Wildman–Crippen LogP) is 6.96. The minimum Gasteiger partial charge on any atom is -0.493 e. The van der Waals surface area contributed by atoms with E-state index in [9.17, 15) is 14.7 Å². The standard InChI is InChI=1S/C34H40N2O5/c1-20-22(3)36(19-24-9-16-30(40-8)31(17-24)41-23(4)33(38)39)29-15-12-26(18-28(20)29)32(37)35-21(2)25-10-13-27(14-11-25)34(5,6)7/h9-18,21,23H,19H2,1-8H3,(H,35,37)(H,38,39)/t21-,23?/m0/s1. The van der Waals surface area contributed by atoms with Gasteiger partial charge in [0.25, 0.3) is 5.91 Å². The number of methoxy groups -OCH3 is 1. The fourth-order valence-corrected chi connectivity index (χ4v) is 4.96. The highest BCUT2D eigenvalue weighted by molar-refractivity contribution is 5.99. The van der Waals surface area contributed by atoms with Gasteiger partial charge in [0.2, 0.25) is 0 Å². The van der Waals surface area contributed by atoms with Crippen LogP contribution in [0.25, 0.3) is 10.9 Å². The molecule has 1 unspecified atom stereocenters. The maximum Gasteiger partial charge on any atom is 0.344 e. The summed E-state index contributed by atoms with van der Waals surface area (Å²) in [6, 6.07) is 19.6. The number of hydrogen-bond acceptors (Lipinski definition) is 4. The highest BCUT2D eigenvalue weighted by Crippen LogP contribution is 2.32. The van der Waals surface area contributed by atoms with Gasteiger partial charge in [0.1, 0.15) is 0 Å². The highest BCUT2D eigenvalue weighted by Gasteiger charge is 2.19. The average Bonchev–Trinajstić information content (AvgIpc) is 3.16. The molecule has 0 aliphatic carbocycles.